The molecule has 0 spiro atoms. The quantitative estimate of drug-likeness (QED) is 0.778. The normalized spacial score (nSPS) is 15.6. The molecule has 28 heavy (non-hydrogen) atoms. The lowest BCUT2D eigenvalue weighted by molar-refractivity contribution is -0.123. The Balaban J connectivity index is 2.02. The van der Waals surface area contributed by atoms with Crippen molar-refractivity contribution in [1.82, 2.24) is 10.6 Å². The van der Waals surface area contributed by atoms with Gasteiger partial charge in [-0.25, -0.2) is 0 Å². The molecule has 0 saturated heterocycles. The Labute approximate surface area is 169 Å². The summed E-state index contributed by atoms with van der Waals surface area (Å²) < 4.78 is 11.6. The predicted octanol–water partition coefficient (Wildman–Crippen LogP) is 3.01. The number of benzene rings is 2. The summed E-state index contributed by atoms with van der Waals surface area (Å²) in [6.45, 7) is 3.71. The Morgan fingerprint density at radius 1 is 1.25 bits per heavy atom. The summed E-state index contributed by atoms with van der Waals surface area (Å²) in [7, 11) is 1.55. The summed E-state index contributed by atoms with van der Waals surface area (Å²) in [6, 6.07) is 10.7. The van der Waals surface area contributed by atoms with Gasteiger partial charge in [-0.2, -0.15) is 0 Å². The first-order valence-electron chi connectivity index (χ1n) is 9.09. The van der Waals surface area contributed by atoms with Gasteiger partial charge in [-0.1, -0.05) is 23.7 Å². The summed E-state index contributed by atoms with van der Waals surface area (Å²) in [4.78, 5) is 23.9. The number of fused-ring (bicyclic) bond motifs is 1. The number of halogens is 1. The molecule has 2 aromatic carbocycles. The second kappa shape index (κ2) is 8.52. The van der Waals surface area contributed by atoms with Crippen LogP contribution in [0.4, 0.5) is 0 Å². The Morgan fingerprint density at radius 3 is 2.61 bits per heavy atom. The SMILES string of the molecule is CNC(=O)COc1cc2c(cc1OC(C)C)[C@H](c1ccc(Cl)cc1)NC(=O)C2. The van der Waals surface area contributed by atoms with E-state index >= 15 is 0 Å². The second-order valence-corrected chi connectivity index (χ2v) is 7.29. The van der Waals surface area contributed by atoms with Crippen molar-refractivity contribution in [3.05, 3.63) is 58.1 Å². The third-order valence-electron chi connectivity index (χ3n) is 4.38. The number of hydrogen-bond donors (Lipinski definition) is 2. The second-order valence-electron chi connectivity index (χ2n) is 6.86. The fourth-order valence-electron chi connectivity index (χ4n) is 3.09. The molecule has 2 aromatic rings. The fraction of sp³-hybridized carbons (Fsp3) is 0.333. The zero-order valence-electron chi connectivity index (χ0n) is 16.0. The van der Waals surface area contributed by atoms with E-state index in [1.54, 1.807) is 25.2 Å². The molecule has 0 bridgehead atoms. The molecule has 0 unspecified atom stereocenters. The maximum absolute atomic E-state index is 12.3. The van der Waals surface area contributed by atoms with Gasteiger partial charge in [-0.15, -0.1) is 0 Å². The molecule has 0 saturated carbocycles. The third-order valence-corrected chi connectivity index (χ3v) is 4.63. The topological polar surface area (TPSA) is 76.7 Å². The van der Waals surface area contributed by atoms with Crippen molar-refractivity contribution in [1.29, 1.82) is 0 Å². The monoisotopic (exact) mass is 402 g/mol. The van der Waals surface area contributed by atoms with Crippen LogP contribution in [0.2, 0.25) is 5.02 Å². The molecule has 3 rings (SSSR count). The number of ether oxygens (including phenoxy) is 2. The maximum Gasteiger partial charge on any atom is 0.257 e. The highest BCUT2D eigenvalue weighted by molar-refractivity contribution is 6.30. The molecule has 0 aliphatic carbocycles. The Hall–Kier alpha value is -2.73. The fourth-order valence-corrected chi connectivity index (χ4v) is 3.22. The lowest BCUT2D eigenvalue weighted by Gasteiger charge is -2.29. The summed E-state index contributed by atoms with van der Waals surface area (Å²) in [5, 5.41) is 6.18. The molecule has 0 radical (unpaired) electrons. The van der Waals surface area contributed by atoms with E-state index in [0.717, 1.165) is 16.7 Å². The first-order valence-corrected chi connectivity index (χ1v) is 9.47. The van der Waals surface area contributed by atoms with Crippen molar-refractivity contribution in [2.75, 3.05) is 13.7 Å². The number of amides is 2. The van der Waals surface area contributed by atoms with Crippen LogP contribution in [0, 0.1) is 0 Å². The van der Waals surface area contributed by atoms with Crippen LogP contribution in [0.15, 0.2) is 36.4 Å². The predicted molar refractivity (Wildman–Crippen MR) is 107 cm³/mol. The molecule has 1 aliphatic rings. The number of rotatable bonds is 6. The molecular formula is C21H23ClN2O4. The van der Waals surface area contributed by atoms with Crippen molar-refractivity contribution in [3.63, 3.8) is 0 Å². The van der Waals surface area contributed by atoms with Crippen LogP contribution in [0.5, 0.6) is 11.5 Å². The van der Waals surface area contributed by atoms with E-state index in [9.17, 15) is 9.59 Å². The zero-order valence-corrected chi connectivity index (χ0v) is 16.8. The van der Waals surface area contributed by atoms with E-state index in [4.69, 9.17) is 21.1 Å². The van der Waals surface area contributed by atoms with Gasteiger partial charge in [-0.05, 0) is 54.8 Å². The number of hydrogen-bond acceptors (Lipinski definition) is 4. The van der Waals surface area contributed by atoms with Crippen molar-refractivity contribution >= 4 is 23.4 Å². The van der Waals surface area contributed by atoms with E-state index < -0.39 is 0 Å². The van der Waals surface area contributed by atoms with E-state index in [1.165, 1.54) is 0 Å². The van der Waals surface area contributed by atoms with Gasteiger partial charge in [0.15, 0.2) is 18.1 Å². The summed E-state index contributed by atoms with van der Waals surface area (Å²) in [5.41, 5.74) is 2.70. The Bertz CT molecular complexity index is 881. The van der Waals surface area contributed by atoms with Gasteiger partial charge in [0.1, 0.15) is 0 Å². The molecular weight excluding hydrogens is 380 g/mol. The van der Waals surface area contributed by atoms with Gasteiger partial charge in [-0.3, -0.25) is 9.59 Å². The van der Waals surface area contributed by atoms with Crippen LogP contribution >= 0.6 is 11.6 Å². The standard InChI is InChI=1S/C21H23ClN2O4/c1-12(2)28-18-10-16-14(8-17(18)27-11-20(26)23-3)9-19(25)24-21(16)13-4-6-15(22)7-5-13/h4-8,10,12,21H,9,11H2,1-3H3,(H,23,26)(H,24,25)/t21-/m0/s1. The largest absolute Gasteiger partial charge is 0.487 e. The molecule has 1 aliphatic heterocycles. The minimum Gasteiger partial charge on any atom is -0.487 e. The van der Waals surface area contributed by atoms with Crippen LogP contribution in [0.3, 0.4) is 0 Å². The molecule has 0 aromatic heterocycles. The molecule has 7 heteroatoms. The average Bonchev–Trinajstić information content (AvgIpc) is 2.66. The number of carbonyl (C=O) groups is 2. The molecule has 6 nitrogen and oxygen atoms in total. The molecule has 148 valence electrons. The minimum absolute atomic E-state index is 0.0763. The van der Waals surface area contributed by atoms with Crippen LogP contribution in [0.1, 0.15) is 36.6 Å². The van der Waals surface area contributed by atoms with Crippen molar-refractivity contribution in [2.45, 2.75) is 32.4 Å². The average molecular weight is 403 g/mol. The van der Waals surface area contributed by atoms with Gasteiger partial charge in [0, 0.05) is 12.1 Å². The lowest BCUT2D eigenvalue weighted by Crippen LogP contribution is -2.36. The van der Waals surface area contributed by atoms with Gasteiger partial charge >= 0.3 is 0 Å². The van der Waals surface area contributed by atoms with Gasteiger partial charge in [0.25, 0.3) is 5.91 Å². The first kappa shape index (κ1) is 20.0. The lowest BCUT2D eigenvalue weighted by atomic mass is 9.89. The van der Waals surface area contributed by atoms with Crippen LogP contribution in [0.25, 0.3) is 0 Å². The van der Waals surface area contributed by atoms with Gasteiger partial charge < -0.3 is 20.1 Å². The van der Waals surface area contributed by atoms with E-state index in [1.807, 2.05) is 32.0 Å². The summed E-state index contributed by atoms with van der Waals surface area (Å²) in [6.07, 6.45) is 0.158. The molecule has 2 N–H and O–H groups in total. The van der Waals surface area contributed by atoms with Gasteiger partial charge in [0.2, 0.25) is 5.91 Å². The van der Waals surface area contributed by atoms with E-state index in [0.29, 0.717) is 16.5 Å². The van der Waals surface area contributed by atoms with Gasteiger partial charge in [0.05, 0.1) is 18.6 Å². The Kier molecular flexibility index (Phi) is 6.09. The highest BCUT2D eigenvalue weighted by atomic mass is 35.5. The van der Waals surface area contributed by atoms with Crippen molar-refractivity contribution < 1.29 is 19.1 Å². The molecule has 2 amide bonds. The summed E-state index contributed by atoms with van der Waals surface area (Å²) >= 11 is 6.00. The highest BCUT2D eigenvalue weighted by Crippen LogP contribution is 2.38. The van der Waals surface area contributed by atoms with Crippen LogP contribution < -0.4 is 20.1 Å². The highest BCUT2D eigenvalue weighted by Gasteiger charge is 2.28. The minimum atomic E-state index is -0.309. The van der Waals surface area contributed by atoms with E-state index in [2.05, 4.69) is 10.6 Å². The number of likely N-dealkylation sites (N-methyl/N-ethyl adjacent to an activating group) is 1. The van der Waals surface area contributed by atoms with Crippen LogP contribution in [-0.4, -0.2) is 31.6 Å². The van der Waals surface area contributed by atoms with Crippen molar-refractivity contribution in [2.24, 2.45) is 0 Å². The zero-order chi connectivity index (χ0) is 20.3. The first-order chi connectivity index (χ1) is 13.4. The smallest absolute Gasteiger partial charge is 0.257 e. The van der Waals surface area contributed by atoms with E-state index in [-0.39, 0.29) is 37.0 Å². The van der Waals surface area contributed by atoms with Crippen LogP contribution in [-0.2, 0) is 16.0 Å². The molecule has 0 fully saturated rings. The third kappa shape index (κ3) is 4.57. The maximum atomic E-state index is 12.3. The molecule has 1 heterocycles. The van der Waals surface area contributed by atoms with Crippen molar-refractivity contribution in [3.8, 4) is 11.5 Å². The number of nitrogens with one attached hydrogen (secondary N) is 2. The summed E-state index contributed by atoms with van der Waals surface area (Å²) in [5.74, 6) is 0.653. The Morgan fingerprint density at radius 2 is 1.96 bits per heavy atom. The molecule has 1 atom stereocenters. The number of carbonyl (C=O) groups excluding carboxylic acids is 2.